The van der Waals surface area contributed by atoms with Crippen LogP contribution in [0.5, 0.6) is 0 Å². The Hall–Kier alpha value is -2.32. The van der Waals surface area contributed by atoms with Gasteiger partial charge in [-0.2, -0.15) is 0 Å². The lowest BCUT2D eigenvalue weighted by molar-refractivity contribution is -0.382. The molecule has 42 heavy (non-hydrogen) atoms. The Balaban J connectivity index is 1.43. The largest absolute Gasteiger partial charge is 0.459 e. The van der Waals surface area contributed by atoms with E-state index in [0.717, 1.165) is 31.2 Å². The number of rotatable bonds is 13. The molecular formula is C29H41N3O10. The van der Waals surface area contributed by atoms with Gasteiger partial charge in [0.15, 0.2) is 18.9 Å². The Morgan fingerprint density at radius 2 is 1.64 bits per heavy atom. The van der Waals surface area contributed by atoms with E-state index in [1.807, 2.05) is 30.3 Å². The second-order valence-corrected chi connectivity index (χ2v) is 10.8. The highest BCUT2D eigenvalue weighted by Crippen LogP contribution is 2.40. The molecule has 4 fully saturated rings. The van der Waals surface area contributed by atoms with Crippen LogP contribution in [0.1, 0.15) is 58.3 Å². The van der Waals surface area contributed by atoms with Crippen molar-refractivity contribution in [1.82, 2.24) is 0 Å². The minimum Gasteiger partial charge on any atom is -0.459 e. The van der Waals surface area contributed by atoms with Gasteiger partial charge in [0.2, 0.25) is 0 Å². The van der Waals surface area contributed by atoms with Crippen molar-refractivity contribution in [1.29, 1.82) is 0 Å². The van der Waals surface area contributed by atoms with Crippen molar-refractivity contribution in [2.45, 2.75) is 114 Å². The molecule has 4 aliphatic heterocycles. The number of ether oxygens (including phenoxy) is 9. The lowest BCUT2D eigenvalue weighted by Gasteiger charge is -2.50. The van der Waals surface area contributed by atoms with Crippen LogP contribution in [0.3, 0.4) is 0 Å². The zero-order valence-electron chi connectivity index (χ0n) is 24.3. The lowest BCUT2D eigenvalue weighted by Crippen LogP contribution is -2.66. The van der Waals surface area contributed by atoms with E-state index >= 15 is 0 Å². The van der Waals surface area contributed by atoms with Crippen molar-refractivity contribution in [3.8, 4) is 0 Å². The SMILES string of the molecule is CCCCOC1C(OCCCC)[C@@H]2OC(c3ccccc3)OCC2O[C@H]1OC1[C@@H](OC(C)=O)[C@H](N=[N+]=[N-])C2OC[C@H]1O2. The quantitative estimate of drug-likeness (QED) is 0.109. The van der Waals surface area contributed by atoms with Crippen molar-refractivity contribution in [3.05, 3.63) is 46.3 Å². The number of nitrogens with zero attached hydrogens (tertiary/aromatic N) is 3. The molecule has 232 valence electrons. The monoisotopic (exact) mass is 591 g/mol. The third-order valence-corrected chi connectivity index (χ3v) is 7.79. The van der Waals surface area contributed by atoms with Crippen LogP contribution in [0.2, 0.25) is 0 Å². The number of hydrogen-bond acceptors (Lipinski definition) is 11. The summed E-state index contributed by atoms with van der Waals surface area (Å²) in [4.78, 5) is 15.0. The Bertz CT molecular complexity index is 1060. The summed E-state index contributed by atoms with van der Waals surface area (Å²) in [5.41, 5.74) is 10.1. The molecule has 4 heterocycles. The van der Waals surface area contributed by atoms with Gasteiger partial charge < -0.3 is 42.6 Å². The van der Waals surface area contributed by atoms with E-state index in [9.17, 15) is 10.3 Å². The lowest BCUT2D eigenvalue weighted by atomic mass is 9.95. The van der Waals surface area contributed by atoms with Crippen LogP contribution in [0.15, 0.2) is 35.4 Å². The average molecular weight is 592 g/mol. The zero-order valence-corrected chi connectivity index (χ0v) is 24.3. The Kier molecular flexibility index (Phi) is 11.0. The highest BCUT2D eigenvalue weighted by Gasteiger charge is 2.57. The Labute approximate surface area is 245 Å². The van der Waals surface area contributed by atoms with Gasteiger partial charge in [0.05, 0.1) is 13.2 Å². The van der Waals surface area contributed by atoms with Crippen LogP contribution in [0, 0.1) is 0 Å². The van der Waals surface area contributed by atoms with Crippen molar-refractivity contribution in [3.63, 3.8) is 0 Å². The van der Waals surface area contributed by atoms with E-state index in [0.29, 0.717) is 13.2 Å². The van der Waals surface area contributed by atoms with E-state index < -0.39 is 73.6 Å². The second kappa shape index (κ2) is 14.9. The maximum absolute atomic E-state index is 12.1. The highest BCUT2D eigenvalue weighted by molar-refractivity contribution is 5.66. The maximum Gasteiger partial charge on any atom is 0.303 e. The molecule has 13 nitrogen and oxygen atoms in total. The first-order valence-corrected chi connectivity index (χ1v) is 14.9. The molecule has 0 amide bonds. The number of fused-ring (bicyclic) bond motifs is 3. The van der Waals surface area contributed by atoms with Crippen LogP contribution < -0.4 is 0 Å². The van der Waals surface area contributed by atoms with E-state index in [1.54, 1.807) is 0 Å². The standard InChI is InChI=1S/C29H41N3O10/c1-4-6-13-34-25-23-20(15-36-27(41-23)18-11-9-8-10-12-18)40-29(26(25)35-14-7-5-2)42-22-19-16-37-28(39-19)21(31-32-30)24(22)38-17(3)33/h8-12,19-29H,4-7,13-16H2,1-3H3/t19-,20?,21+,22?,23-,24+,25?,26?,27?,28?,29+/m1/s1. The van der Waals surface area contributed by atoms with Crippen molar-refractivity contribution in [2.24, 2.45) is 5.11 Å². The molecule has 0 aromatic heterocycles. The van der Waals surface area contributed by atoms with Gasteiger partial charge in [-0.05, 0) is 18.4 Å². The number of carbonyl (C=O) groups excluding carboxylic acids is 1. The summed E-state index contributed by atoms with van der Waals surface area (Å²) in [5, 5.41) is 3.82. The highest BCUT2D eigenvalue weighted by atomic mass is 16.8. The summed E-state index contributed by atoms with van der Waals surface area (Å²) in [6, 6.07) is 8.79. The fourth-order valence-corrected chi connectivity index (χ4v) is 5.71. The van der Waals surface area contributed by atoms with Crippen LogP contribution in [-0.4, -0.2) is 93.7 Å². The minimum atomic E-state index is -0.956. The molecule has 0 spiro atoms. The van der Waals surface area contributed by atoms with Crippen LogP contribution in [-0.2, 0) is 47.4 Å². The van der Waals surface area contributed by atoms with Gasteiger partial charge in [0.25, 0.3) is 0 Å². The van der Waals surface area contributed by atoms with Gasteiger partial charge in [-0.25, -0.2) is 0 Å². The first kappa shape index (κ1) is 31.1. The summed E-state index contributed by atoms with van der Waals surface area (Å²) < 4.78 is 55.9. The minimum absolute atomic E-state index is 0.173. The van der Waals surface area contributed by atoms with Crippen LogP contribution >= 0.6 is 0 Å². The molecule has 4 saturated heterocycles. The maximum atomic E-state index is 12.1. The van der Waals surface area contributed by atoms with Gasteiger partial charge in [-0.3, -0.25) is 4.79 Å². The van der Waals surface area contributed by atoms with Gasteiger partial charge in [0, 0.05) is 30.6 Å². The van der Waals surface area contributed by atoms with E-state index in [2.05, 4.69) is 23.9 Å². The molecule has 2 bridgehead atoms. The number of unbranched alkanes of at least 4 members (excludes halogenated alkanes) is 2. The summed E-state index contributed by atoms with van der Waals surface area (Å²) in [5.74, 6) is -0.546. The first-order valence-electron chi connectivity index (χ1n) is 14.9. The summed E-state index contributed by atoms with van der Waals surface area (Å²) in [6.07, 6.45) is -3.42. The van der Waals surface area contributed by atoms with Crippen LogP contribution in [0.4, 0.5) is 0 Å². The smallest absolute Gasteiger partial charge is 0.303 e. The first-order chi connectivity index (χ1) is 20.5. The van der Waals surface area contributed by atoms with Gasteiger partial charge in [0.1, 0.15) is 48.8 Å². The molecular weight excluding hydrogens is 550 g/mol. The predicted octanol–water partition coefficient (Wildman–Crippen LogP) is 3.95. The fourth-order valence-electron chi connectivity index (χ4n) is 5.71. The molecule has 4 aliphatic rings. The normalized spacial score (nSPS) is 37.5. The van der Waals surface area contributed by atoms with Gasteiger partial charge in [-0.1, -0.05) is 62.1 Å². The van der Waals surface area contributed by atoms with Crippen LogP contribution in [0.25, 0.3) is 10.4 Å². The topological polar surface area (TPSA) is 149 Å². The fraction of sp³-hybridized carbons (Fsp3) is 0.759. The molecule has 0 N–H and O–H groups in total. The Morgan fingerprint density at radius 3 is 2.33 bits per heavy atom. The van der Waals surface area contributed by atoms with Crippen molar-refractivity contribution in [2.75, 3.05) is 26.4 Å². The molecule has 13 heteroatoms. The van der Waals surface area contributed by atoms with E-state index in [1.165, 1.54) is 6.92 Å². The van der Waals surface area contributed by atoms with E-state index in [-0.39, 0.29) is 13.2 Å². The molecule has 0 aliphatic carbocycles. The van der Waals surface area contributed by atoms with E-state index in [4.69, 9.17) is 42.6 Å². The molecule has 0 saturated carbocycles. The molecule has 1 aromatic rings. The third-order valence-electron chi connectivity index (χ3n) is 7.79. The average Bonchev–Trinajstić information content (AvgIpc) is 3.44. The molecule has 5 rings (SSSR count). The van der Waals surface area contributed by atoms with Crippen molar-refractivity contribution < 1.29 is 47.4 Å². The van der Waals surface area contributed by atoms with Gasteiger partial charge in [-0.15, -0.1) is 0 Å². The molecule has 11 atom stereocenters. The predicted molar refractivity (Wildman–Crippen MR) is 146 cm³/mol. The third kappa shape index (κ3) is 7.07. The number of azide groups is 1. The summed E-state index contributed by atoms with van der Waals surface area (Å²) >= 11 is 0. The number of benzene rings is 1. The van der Waals surface area contributed by atoms with Gasteiger partial charge >= 0.3 is 5.97 Å². The molecule has 1 aromatic carbocycles. The molecule has 0 radical (unpaired) electrons. The summed E-state index contributed by atoms with van der Waals surface area (Å²) in [7, 11) is 0. The zero-order chi connectivity index (χ0) is 29.5. The van der Waals surface area contributed by atoms with Crippen molar-refractivity contribution >= 4 is 5.97 Å². The molecule has 6 unspecified atom stereocenters. The number of hydrogen-bond donors (Lipinski definition) is 0. The number of esters is 1. The number of carbonyl (C=O) groups is 1. The second-order valence-electron chi connectivity index (χ2n) is 10.8. The Morgan fingerprint density at radius 1 is 0.929 bits per heavy atom. The summed E-state index contributed by atoms with van der Waals surface area (Å²) in [6.45, 7) is 6.85.